The van der Waals surface area contributed by atoms with E-state index in [1.165, 1.54) is 5.57 Å². The molecule has 0 atom stereocenters. The molecule has 0 N–H and O–H groups in total. The number of halogens is 1. The highest BCUT2D eigenvalue weighted by Crippen LogP contribution is 2.19. The van der Waals surface area contributed by atoms with Crippen molar-refractivity contribution in [1.29, 1.82) is 0 Å². The molecule has 1 nitrogen and oxygen atoms in total. The van der Waals surface area contributed by atoms with Gasteiger partial charge in [-0.05, 0) is 43.2 Å². The van der Waals surface area contributed by atoms with Crippen LogP contribution in [0.2, 0.25) is 5.02 Å². The molecule has 0 saturated carbocycles. The first-order valence-corrected chi connectivity index (χ1v) is 5.30. The lowest BCUT2D eigenvalue weighted by Gasteiger charge is -2.01. The van der Waals surface area contributed by atoms with E-state index < -0.39 is 0 Å². The monoisotopic (exact) mass is 217 g/mol. The minimum Gasteiger partial charge on any atom is -0.253 e. The molecule has 0 bridgehead atoms. The van der Waals surface area contributed by atoms with Crippen molar-refractivity contribution in [2.24, 2.45) is 4.99 Å². The maximum Gasteiger partial charge on any atom is 0.0633 e. The lowest BCUT2D eigenvalue weighted by atomic mass is 10.1. The Bertz CT molecular complexity index is 438. The van der Waals surface area contributed by atoms with Crippen LogP contribution in [0.4, 0.5) is 5.69 Å². The third-order valence-electron chi connectivity index (χ3n) is 2.36. The van der Waals surface area contributed by atoms with Gasteiger partial charge in [-0.3, -0.25) is 4.99 Å². The Morgan fingerprint density at radius 1 is 1.27 bits per heavy atom. The molecule has 0 fully saturated rings. The maximum absolute atomic E-state index is 5.81. The predicted octanol–water partition coefficient (Wildman–Crippen LogP) is 4.32. The van der Waals surface area contributed by atoms with E-state index in [2.05, 4.69) is 23.2 Å². The summed E-state index contributed by atoms with van der Waals surface area (Å²) in [4.78, 5) is 4.53. The van der Waals surface area contributed by atoms with Gasteiger partial charge in [0.15, 0.2) is 0 Å². The summed E-state index contributed by atoms with van der Waals surface area (Å²) < 4.78 is 0. The molecule has 76 valence electrons. The largest absolute Gasteiger partial charge is 0.253 e. The van der Waals surface area contributed by atoms with E-state index in [0.29, 0.717) is 0 Å². The summed E-state index contributed by atoms with van der Waals surface area (Å²) in [5.41, 5.74) is 3.30. The Hall–Kier alpha value is -1.34. The van der Waals surface area contributed by atoms with E-state index in [1.807, 2.05) is 31.2 Å². The van der Waals surface area contributed by atoms with Gasteiger partial charge in [0.25, 0.3) is 0 Å². The summed E-state index contributed by atoms with van der Waals surface area (Å²) in [5, 5.41) is 0.744. The van der Waals surface area contributed by atoms with Crippen molar-refractivity contribution in [1.82, 2.24) is 0 Å². The fourth-order valence-corrected chi connectivity index (χ4v) is 1.62. The Morgan fingerprint density at radius 2 is 2.00 bits per heavy atom. The second-order valence-electron chi connectivity index (χ2n) is 3.50. The SMILES string of the molecule is CC(=Nc1ccc(Cl)cc1)C1=CC=CC1. The molecule has 1 aromatic carbocycles. The minimum absolute atomic E-state index is 0.744. The summed E-state index contributed by atoms with van der Waals surface area (Å²) in [6.45, 7) is 2.04. The van der Waals surface area contributed by atoms with E-state index in [1.54, 1.807) is 0 Å². The first kappa shape index (κ1) is 10.2. The fraction of sp³-hybridized carbons (Fsp3) is 0.154. The van der Waals surface area contributed by atoms with Crippen LogP contribution in [0.25, 0.3) is 0 Å². The van der Waals surface area contributed by atoms with Gasteiger partial charge < -0.3 is 0 Å². The number of benzene rings is 1. The highest BCUT2D eigenvalue weighted by Gasteiger charge is 2.02. The lowest BCUT2D eigenvalue weighted by Crippen LogP contribution is -1.93. The molecule has 15 heavy (non-hydrogen) atoms. The quantitative estimate of drug-likeness (QED) is 0.655. The van der Waals surface area contributed by atoms with Crippen molar-refractivity contribution in [2.75, 3.05) is 0 Å². The van der Waals surface area contributed by atoms with Crippen molar-refractivity contribution in [3.8, 4) is 0 Å². The molecular formula is C13H12ClN. The second-order valence-corrected chi connectivity index (χ2v) is 3.93. The molecular weight excluding hydrogens is 206 g/mol. The molecule has 1 aliphatic rings. The van der Waals surface area contributed by atoms with Crippen molar-refractivity contribution in [2.45, 2.75) is 13.3 Å². The number of hydrogen-bond acceptors (Lipinski definition) is 1. The molecule has 0 aromatic heterocycles. The van der Waals surface area contributed by atoms with Crippen molar-refractivity contribution >= 4 is 23.0 Å². The van der Waals surface area contributed by atoms with Gasteiger partial charge in [0.1, 0.15) is 0 Å². The normalized spacial score (nSPS) is 15.6. The van der Waals surface area contributed by atoms with Gasteiger partial charge >= 0.3 is 0 Å². The van der Waals surface area contributed by atoms with Crippen LogP contribution in [0.15, 0.2) is 53.1 Å². The van der Waals surface area contributed by atoms with Crippen LogP contribution in [0, 0.1) is 0 Å². The second kappa shape index (κ2) is 4.45. The molecule has 1 aliphatic carbocycles. The van der Waals surface area contributed by atoms with E-state index in [-0.39, 0.29) is 0 Å². The third-order valence-corrected chi connectivity index (χ3v) is 2.61. The zero-order valence-corrected chi connectivity index (χ0v) is 9.33. The Kier molecular flexibility index (Phi) is 3.02. The van der Waals surface area contributed by atoms with E-state index in [9.17, 15) is 0 Å². The Morgan fingerprint density at radius 3 is 2.60 bits per heavy atom. The van der Waals surface area contributed by atoms with Gasteiger partial charge in [-0.1, -0.05) is 29.8 Å². The molecule has 0 saturated heterocycles. The predicted molar refractivity (Wildman–Crippen MR) is 66.1 cm³/mol. The maximum atomic E-state index is 5.81. The van der Waals surface area contributed by atoms with Crippen LogP contribution >= 0.6 is 11.6 Å². The van der Waals surface area contributed by atoms with Crippen LogP contribution in [0.1, 0.15) is 13.3 Å². The van der Waals surface area contributed by atoms with Crippen LogP contribution < -0.4 is 0 Å². The number of aliphatic imine (C=N–C) groups is 1. The zero-order chi connectivity index (χ0) is 10.7. The molecule has 0 aliphatic heterocycles. The lowest BCUT2D eigenvalue weighted by molar-refractivity contribution is 1.34. The molecule has 0 amide bonds. The fourth-order valence-electron chi connectivity index (χ4n) is 1.50. The number of rotatable bonds is 2. The van der Waals surface area contributed by atoms with Gasteiger partial charge in [0.05, 0.1) is 5.69 Å². The average molecular weight is 218 g/mol. The number of nitrogens with zero attached hydrogens (tertiary/aromatic N) is 1. The summed E-state index contributed by atoms with van der Waals surface area (Å²) in [5.74, 6) is 0. The van der Waals surface area contributed by atoms with Gasteiger partial charge in [-0.15, -0.1) is 0 Å². The minimum atomic E-state index is 0.744. The summed E-state index contributed by atoms with van der Waals surface area (Å²) in [6.07, 6.45) is 7.30. The molecule has 0 spiro atoms. The Balaban J connectivity index is 2.19. The molecule has 0 radical (unpaired) electrons. The van der Waals surface area contributed by atoms with Crippen molar-refractivity contribution < 1.29 is 0 Å². The first-order valence-electron chi connectivity index (χ1n) is 4.92. The smallest absolute Gasteiger partial charge is 0.0633 e. The number of allylic oxidation sites excluding steroid dienone is 4. The first-order chi connectivity index (χ1) is 7.25. The molecule has 1 aromatic rings. The van der Waals surface area contributed by atoms with E-state index in [4.69, 9.17) is 11.6 Å². The molecule has 2 heteroatoms. The van der Waals surface area contributed by atoms with Crippen molar-refractivity contribution in [3.05, 3.63) is 53.1 Å². The highest BCUT2D eigenvalue weighted by atomic mass is 35.5. The average Bonchev–Trinajstić information content (AvgIpc) is 2.74. The summed E-state index contributed by atoms with van der Waals surface area (Å²) in [7, 11) is 0. The molecule has 0 unspecified atom stereocenters. The van der Waals surface area contributed by atoms with E-state index in [0.717, 1.165) is 22.8 Å². The summed E-state index contributed by atoms with van der Waals surface area (Å²) in [6, 6.07) is 7.56. The van der Waals surface area contributed by atoms with Crippen molar-refractivity contribution in [3.63, 3.8) is 0 Å². The standard InChI is InChI=1S/C13H12ClN/c1-10(11-4-2-3-5-11)15-13-8-6-12(14)7-9-13/h2-4,6-9H,5H2,1H3. The van der Waals surface area contributed by atoms with Crippen LogP contribution in [-0.4, -0.2) is 5.71 Å². The van der Waals surface area contributed by atoms with Gasteiger partial charge in [0.2, 0.25) is 0 Å². The van der Waals surface area contributed by atoms with Gasteiger partial charge in [-0.25, -0.2) is 0 Å². The Labute approximate surface area is 94.8 Å². The highest BCUT2D eigenvalue weighted by molar-refractivity contribution is 6.30. The van der Waals surface area contributed by atoms with Gasteiger partial charge in [-0.2, -0.15) is 0 Å². The van der Waals surface area contributed by atoms with E-state index >= 15 is 0 Å². The molecule has 0 heterocycles. The van der Waals surface area contributed by atoms with Crippen LogP contribution in [-0.2, 0) is 0 Å². The summed E-state index contributed by atoms with van der Waals surface area (Å²) >= 11 is 5.81. The number of hydrogen-bond donors (Lipinski definition) is 0. The third kappa shape index (κ3) is 2.57. The van der Waals surface area contributed by atoms with Crippen LogP contribution in [0.5, 0.6) is 0 Å². The molecule has 2 rings (SSSR count). The zero-order valence-electron chi connectivity index (χ0n) is 8.57. The van der Waals surface area contributed by atoms with Crippen LogP contribution in [0.3, 0.4) is 0 Å². The topological polar surface area (TPSA) is 12.4 Å². The van der Waals surface area contributed by atoms with Gasteiger partial charge in [0, 0.05) is 10.7 Å².